The molecule has 3 atom stereocenters. The monoisotopic (exact) mass is 473 g/mol. The fourth-order valence-electron chi connectivity index (χ4n) is 4.85. The van der Waals surface area contributed by atoms with Crippen molar-refractivity contribution in [2.24, 2.45) is 23.5 Å². The molecule has 8 heteroatoms. The zero-order chi connectivity index (χ0) is 24.7. The molecule has 3 N–H and O–H groups in total. The molecule has 1 saturated carbocycles. The lowest BCUT2D eigenvalue weighted by molar-refractivity contribution is -0.131. The van der Waals surface area contributed by atoms with Crippen LogP contribution in [0.5, 0.6) is 0 Å². The topological polar surface area (TPSA) is 110 Å². The van der Waals surface area contributed by atoms with Crippen LogP contribution in [0, 0.1) is 29.6 Å². The van der Waals surface area contributed by atoms with Crippen molar-refractivity contribution in [3.05, 3.63) is 59.8 Å². The van der Waals surface area contributed by atoms with Crippen LogP contribution in [0.2, 0.25) is 0 Å². The fraction of sp³-hybridized carbons (Fsp3) is 0.444. The molecule has 0 bridgehead atoms. The van der Waals surface area contributed by atoms with Crippen LogP contribution < -0.4 is 5.73 Å². The highest BCUT2D eigenvalue weighted by atomic mass is 16.5. The number of aliphatic hydroxyl groups is 1. The van der Waals surface area contributed by atoms with Crippen LogP contribution >= 0.6 is 0 Å². The number of aliphatic hydroxyl groups excluding tert-OH is 1. The summed E-state index contributed by atoms with van der Waals surface area (Å²) in [6.45, 7) is 7.53. The highest BCUT2D eigenvalue weighted by Gasteiger charge is 2.56. The third-order valence-corrected chi connectivity index (χ3v) is 6.72. The molecule has 8 nitrogen and oxygen atoms in total. The van der Waals surface area contributed by atoms with Gasteiger partial charge < -0.3 is 24.8 Å². The van der Waals surface area contributed by atoms with E-state index in [2.05, 4.69) is 22.0 Å². The van der Waals surface area contributed by atoms with Crippen molar-refractivity contribution >= 4 is 5.91 Å². The van der Waals surface area contributed by atoms with E-state index in [1.165, 1.54) is 0 Å². The third-order valence-electron chi connectivity index (χ3n) is 6.72. The molecule has 2 aromatic heterocycles. The lowest BCUT2D eigenvalue weighted by Gasteiger charge is -2.24. The number of rotatable bonds is 6. The maximum absolute atomic E-state index is 12.4. The van der Waals surface area contributed by atoms with Gasteiger partial charge in [0, 0.05) is 60.6 Å². The van der Waals surface area contributed by atoms with Crippen molar-refractivity contribution in [3.8, 4) is 23.2 Å². The molecule has 0 radical (unpaired) electrons. The number of benzene rings is 1. The average Bonchev–Trinajstić information content (AvgIpc) is 3.29. The molecule has 1 aromatic carbocycles. The van der Waals surface area contributed by atoms with Gasteiger partial charge in [0.25, 0.3) is 0 Å². The number of imidazole rings is 1. The van der Waals surface area contributed by atoms with Crippen LogP contribution in [0.4, 0.5) is 0 Å². The molecule has 2 unspecified atom stereocenters. The third kappa shape index (κ3) is 5.16. The smallest absolute Gasteiger partial charge is 0.224 e. The first kappa shape index (κ1) is 23.3. The van der Waals surface area contributed by atoms with E-state index < -0.39 is 11.6 Å². The van der Waals surface area contributed by atoms with E-state index in [1.54, 1.807) is 13.1 Å². The Hall–Kier alpha value is -3.41. The number of hydrogen-bond acceptors (Lipinski definition) is 6. The van der Waals surface area contributed by atoms with Crippen LogP contribution in [0.15, 0.2) is 47.2 Å². The van der Waals surface area contributed by atoms with Crippen LogP contribution in [0.1, 0.15) is 50.4 Å². The lowest BCUT2D eigenvalue weighted by Crippen LogP contribution is -2.41. The quantitative estimate of drug-likeness (QED) is 0.533. The summed E-state index contributed by atoms with van der Waals surface area (Å²) >= 11 is 0. The van der Waals surface area contributed by atoms with Crippen molar-refractivity contribution in [2.45, 2.75) is 45.4 Å². The van der Waals surface area contributed by atoms with E-state index in [-0.39, 0.29) is 5.91 Å². The molecule has 1 saturated heterocycles. The largest absolute Gasteiger partial charge is 0.385 e. The Morgan fingerprint density at radius 3 is 2.66 bits per heavy atom. The summed E-state index contributed by atoms with van der Waals surface area (Å²) in [6.07, 6.45) is 3.21. The second-order valence-electron chi connectivity index (χ2n) is 10.4. The molecular weight excluding hydrogens is 442 g/mol. The van der Waals surface area contributed by atoms with Gasteiger partial charge in [0.1, 0.15) is 17.6 Å². The number of nitrogens with zero attached hydrogens (tertiary/aromatic N) is 4. The minimum absolute atomic E-state index is 0.149. The predicted molar refractivity (Wildman–Crippen MR) is 131 cm³/mol. The number of amides is 1. The van der Waals surface area contributed by atoms with E-state index in [1.807, 2.05) is 59.8 Å². The number of hydrogen-bond donors (Lipinski definition) is 2. The summed E-state index contributed by atoms with van der Waals surface area (Å²) in [6, 6.07) is 9.84. The molecule has 5 rings (SSSR count). The number of fused-ring (bicyclic) bond motifs is 1. The number of likely N-dealkylation sites (tertiary alicyclic amines) is 1. The highest BCUT2D eigenvalue weighted by Crippen LogP contribution is 2.51. The van der Waals surface area contributed by atoms with Crippen molar-refractivity contribution < 1.29 is 14.4 Å². The van der Waals surface area contributed by atoms with Crippen molar-refractivity contribution in [1.82, 2.24) is 19.6 Å². The van der Waals surface area contributed by atoms with Crippen LogP contribution in [0.25, 0.3) is 11.3 Å². The number of piperidine rings is 1. The average molecular weight is 474 g/mol. The Balaban J connectivity index is 1.16. The number of aromatic nitrogens is 3. The second kappa shape index (κ2) is 8.99. The van der Waals surface area contributed by atoms with Gasteiger partial charge in [0.2, 0.25) is 5.91 Å². The zero-order valence-corrected chi connectivity index (χ0v) is 20.3. The van der Waals surface area contributed by atoms with E-state index >= 15 is 0 Å². The van der Waals surface area contributed by atoms with Crippen LogP contribution in [-0.4, -0.2) is 49.2 Å². The maximum atomic E-state index is 12.4. The Morgan fingerprint density at radius 2 is 2.00 bits per heavy atom. The SMILES string of the molecule is C[C@H](O)c1nccn1Cc1cc(-c2ccc(C#CC3C4CN(C(=O)CC(C)(C)N)CC34)cc2)on1. The summed E-state index contributed by atoms with van der Waals surface area (Å²) in [7, 11) is 0. The minimum Gasteiger partial charge on any atom is -0.385 e. The molecule has 35 heavy (non-hydrogen) atoms. The molecule has 2 aliphatic rings. The summed E-state index contributed by atoms with van der Waals surface area (Å²) in [5.41, 5.74) is 8.16. The van der Waals surface area contributed by atoms with Crippen molar-refractivity contribution in [1.29, 1.82) is 0 Å². The van der Waals surface area contributed by atoms with Crippen LogP contribution in [-0.2, 0) is 11.3 Å². The molecule has 2 fully saturated rings. The molecular formula is C27H31N5O3. The first-order valence-corrected chi connectivity index (χ1v) is 12.0. The molecule has 3 aromatic rings. The summed E-state index contributed by atoms with van der Waals surface area (Å²) in [4.78, 5) is 18.5. The summed E-state index contributed by atoms with van der Waals surface area (Å²) in [5.74, 6) is 9.48. The first-order valence-electron chi connectivity index (χ1n) is 12.0. The highest BCUT2D eigenvalue weighted by molar-refractivity contribution is 5.78. The predicted octanol–water partition coefficient (Wildman–Crippen LogP) is 2.82. The van der Waals surface area contributed by atoms with E-state index in [4.69, 9.17) is 10.3 Å². The Morgan fingerprint density at radius 1 is 1.29 bits per heavy atom. The van der Waals surface area contributed by atoms with Crippen LogP contribution in [0.3, 0.4) is 0 Å². The van der Waals surface area contributed by atoms with Gasteiger partial charge in [-0.1, -0.05) is 17.0 Å². The second-order valence-corrected chi connectivity index (χ2v) is 10.4. The van der Waals surface area contributed by atoms with Crippen molar-refractivity contribution in [3.63, 3.8) is 0 Å². The van der Waals surface area contributed by atoms with Gasteiger partial charge in [-0.3, -0.25) is 4.79 Å². The fourth-order valence-corrected chi connectivity index (χ4v) is 4.85. The van der Waals surface area contributed by atoms with E-state index in [9.17, 15) is 9.90 Å². The zero-order valence-electron chi connectivity index (χ0n) is 20.3. The van der Waals surface area contributed by atoms with Gasteiger partial charge in [-0.05, 0) is 56.9 Å². The molecule has 3 heterocycles. The number of carbonyl (C=O) groups is 1. The normalized spacial score (nSPS) is 21.9. The van der Waals surface area contributed by atoms with E-state index in [0.717, 1.165) is 29.9 Å². The summed E-state index contributed by atoms with van der Waals surface area (Å²) < 4.78 is 7.39. The Labute approximate surface area is 205 Å². The molecule has 1 aliphatic carbocycles. The number of carbonyl (C=O) groups excluding carboxylic acids is 1. The maximum Gasteiger partial charge on any atom is 0.224 e. The number of nitrogens with two attached hydrogens (primary N) is 1. The summed E-state index contributed by atoms with van der Waals surface area (Å²) in [5, 5.41) is 14.0. The molecule has 1 amide bonds. The first-order chi connectivity index (χ1) is 16.7. The molecule has 1 aliphatic heterocycles. The Bertz CT molecular complexity index is 1260. The van der Waals surface area contributed by atoms with Gasteiger partial charge >= 0.3 is 0 Å². The molecule has 0 spiro atoms. The van der Waals surface area contributed by atoms with Gasteiger partial charge in [-0.25, -0.2) is 4.98 Å². The Kier molecular flexibility index (Phi) is 5.99. The van der Waals surface area contributed by atoms with Gasteiger partial charge in [0.15, 0.2) is 5.76 Å². The van der Waals surface area contributed by atoms with Gasteiger partial charge in [0.05, 0.1) is 6.54 Å². The standard InChI is InChI=1S/C27H31N5O3/c1-17(33)26-29-10-11-31(26)14-20-12-24(35-30-20)19-7-4-18(5-8-19)6-9-21-22-15-32(16-23(21)22)25(34)13-27(2,3)28/h4-5,7-8,10-12,17,21-23,33H,13-16,28H2,1-3H3/t17-,21?,22?,23?/m0/s1. The van der Waals surface area contributed by atoms with Gasteiger partial charge in [-0.15, -0.1) is 0 Å². The van der Waals surface area contributed by atoms with Crippen molar-refractivity contribution in [2.75, 3.05) is 13.1 Å². The van der Waals surface area contributed by atoms with E-state index in [0.29, 0.717) is 42.3 Å². The minimum atomic E-state index is -0.648. The van der Waals surface area contributed by atoms with Gasteiger partial charge in [-0.2, -0.15) is 0 Å². The molecule has 182 valence electrons. The lowest BCUT2D eigenvalue weighted by atomic mass is 10.0.